The Kier molecular flexibility index (Phi) is 5.72. The first-order valence-electron chi connectivity index (χ1n) is 8.82. The van der Waals surface area contributed by atoms with Gasteiger partial charge in [0.1, 0.15) is 12.1 Å². The monoisotopic (exact) mass is 390 g/mol. The first-order chi connectivity index (χ1) is 13.3. The molecule has 0 fully saturated rings. The molecule has 0 unspecified atom stereocenters. The zero-order valence-corrected chi connectivity index (χ0v) is 16.0. The zero-order chi connectivity index (χ0) is 20.3. The van der Waals surface area contributed by atoms with Crippen LogP contribution in [-0.2, 0) is 4.79 Å². The van der Waals surface area contributed by atoms with E-state index in [-0.39, 0.29) is 49.0 Å². The molecule has 1 aromatic carbocycles. The summed E-state index contributed by atoms with van der Waals surface area (Å²) >= 11 is 0. The Labute approximate surface area is 162 Å². The van der Waals surface area contributed by atoms with Gasteiger partial charge in [-0.05, 0) is 19.1 Å². The summed E-state index contributed by atoms with van der Waals surface area (Å²) in [4.78, 5) is 23.3. The number of hydrogen-bond acceptors (Lipinski definition) is 7. The van der Waals surface area contributed by atoms with Crippen molar-refractivity contribution in [1.29, 1.82) is 0 Å². The highest BCUT2D eigenvalue weighted by Crippen LogP contribution is 2.31. The summed E-state index contributed by atoms with van der Waals surface area (Å²) in [6.07, 6.45) is 2.68. The van der Waals surface area contributed by atoms with Gasteiger partial charge in [-0.1, -0.05) is 13.8 Å². The fourth-order valence-electron chi connectivity index (χ4n) is 2.43. The van der Waals surface area contributed by atoms with Crippen molar-refractivity contribution in [3.8, 4) is 17.5 Å². The number of amides is 1. The summed E-state index contributed by atoms with van der Waals surface area (Å²) in [5.41, 5.74) is 0.470. The van der Waals surface area contributed by atoms with Gasteiger partial charge in [-0.3, -0.25) is 4.79 Å². The van der Waals surface area contributed by atoms with E-state index in [0.29, 0.717) is 11.4 Å². The summed E-state index contributed by atoms with van der Waals surface area (Å²) in [6.45, 7) is 7.30. The van der Waals surface area contributed by atoms with Crippen LogP contribution in [0.3, 0.4) is 0 Å². The highest BCUT2D eigenvalue weighted by molar-refractivity contribution is 5.75. The maximum absolute atomic E-state index is 14.7. The van der Waals surface area contributed by atoms with Crippen LogP contribution in [0.25, 0.3) is 11.1 Å². The zero-order valence-electron chi connectivity index (χ0n) is 16.0. The van der Waals surface area contributed by atoms with Crippen LogP contribution in [0.15, 0.2) is 28.9 Å². The molecule has 150 valence electrons. The molecule has 3 rings (SSSR count). The van der Waals surface area contributed by atoms with Crippen molar-refractivity contribution in [2.24, 2.45) is 0 Å². The highest BCUT2D eigenvalue weighted by atomic mass is 19.1. The van der Waals surface area contributed by atoms with Crippen molar-refractivity contribution in [3.63, 3.8) is 0 Å². The van der Waals surface area contributed by atoms with Gasteiger partial charge in [-0.2, -0.15) is 4.39 Å². The van der Waals surface area contributed by atoms with Crippen LogP contribution in [0.2, 0.25) is 0 Å². The number of ether oxygens (including phenoxy) is 2. The van der Waals surface area contributed by atoms with E-state index in [4.69, 9.17) is 13.9 Å². The molecule has 1 N–H and O–H groups in total. The molecule has 28 heavy (non-hydrogen) atoms. The molecule has 3 aromatic rings. The van der Waals surface area contributed by atoms with Gasteiger partial charge in [0.25, 0.3) is 0 Å². The van der Waals surface area contributed by atoms with Gasteiger partial charge in [-0.25, -0.2) is 15.0 Å². The first kappa shape index (κ1) is 19.5. The smallest absolute Gasteiger partial charge is 0.238 e. The minimum absolute atomic E-state index is 0. The van der Waals surface area contributed by atoms with Crippen LogP contribution >= 0.6 is 0 Å². The molecule has 0 radical (unpaired) electrons. The number of aromatic nitrogens is 3. The molecular weight excluding hydrogens is 367 g/mol. The van der Waals surface area contributed by atoms with E-state index in [1.54, 1.807) is 13.0 Å². The number of nitrogens with one attached hydrogen (secondary N) is 1. The van der Waals surface area contributed by atoms with E-state index in [1.165, 1.54) is 25.4 Å². The van der Waals surface area contributed by atoms with Gasteiger partial charge in [-0.15, -0.1) is 0 Å². The maximum atomic E-state index is 14.7. The summed E-state index contributed by atoms with van der Waals surface area (Å²) in [5.74, 6) is 0.0340. The van der Waals surface area contributed by atoms with Gasteiger partial charge < -0.3 is 19.2 Å². The van der Waals surface area contributed by atoms with Crippen molar-refractivity contribution >= 4 is 17.0 Å². The third-order valence-electron chi connectivity index (χ3n) is 3.72. The summed E-state index contributed by atoms with van der Waals surface area (Å²) in [7, 11) is 0. The van der Waals surface area contributed by atoms with Gasteiger partial charge in [0, 0.05) is 14.3 Å². The molecule has 9 heteroatoms. The molecule has 0 aliphatic heterocycles. The molecule has 8 nitrogen and oxygen atoms in total. The predicted octanol–water partition coefficient (Wildman–Crippen LogP) is 3.82. The van der Waals surface area contributed by atoms with Gasteiger partial charge in [0.2, 0.25) is 23.5 Å². The molecule has 0 aliphatic carbocycles. The minimum atomic E-state index is -0.650. The maximum Gasteiger partial charge on any atom is 0.238 e. The van der Waals surface area contributed by atoms with Crippen molar-refractivity contribution < 1.29 is 24.5 Å². The van der Waals surface area contributed by atoms with E-state index < -0.39 is 5.82 Å². The third-order valence-corrected chi connectivity index (χ3v) is 3.72. The van der Waals surface area contributed by atoms with E-state index in [1.807, 2.05) is 13.8 Å². The lowest BCUT2D eigenvalue weighted by atomic mass is 10.2. The van der Waals surface area contributed by atoms with E-state index in [9.17, 15) is 9.18 Å². The number of oxazole rings is 1. The van der Waals surface area contributed by atoms with Crippen LogP contribution in [0, 0.1) is 5.82 Å². The van der Waals surface area contributed by atoms with E-state index in [0.717, 1.165) is 0 Å². The van der Waals surface area contributed by atoms with Crippen molar-refractivity contribution in [1.82, 2.24) is 20.3 Å². The lowest BCUT2D eigenvalue weighted by molar-refractivity contribution is -0.119. The molecule has 1 amide bonds. The summed E-state index contributed by atoms with van der Waals surface area (Å²) in [6, 6.07) is 2.91. The van der Waals surface area contributed by atoms with Gasteiger partial charge >= 0.3 is 0 Å². The topological polar surface area (TPSA) is 99.4 Å². The Bertz CT molecular complexity index is 978. The van der Waals surface area contributed by atoms with Crippen LogP contribution in [0.4, 0.5) is 4.39 Å². The number of halogens is 1. The third kappa shape index (κ3) is 4.54. The minimum Gasteiger partial charge on any atom is -0.474 e. The molecule has 0 spiro atoms. The quantitative estimate of drug-likeness (QED) is 0.654. The van der Waals surface area contributed by atoms with Crippen LogP contribution in [0.5, 0.6) is 17.5 Å². The lowest BCUT2D eigenvalue weighted by Gasteiger charge is -2.13. The van der Waals surface area contributed by atoms with E-state index in [2.05, 4.69) is 20.3 Å². The summed E-state index contributed by atoms with van der Waals surface area (Å²) in [5, 5.41) is 2.69. The number of nitrogens with zero attached hydrogens (tertiary/aromatic N) is 3. The first-order valence-corrected chi connectivity index (χ1v) is 8.82. The highest BCUT2D eigenvalue weighted by Gasteiger charge is 2.17. The normalized spacial score (nSPS) is 12.2. The number of fused-ring (bicyclic) bond motifs is 1. The average Bonchev–Trinajstić information content (AvgIpc) is 3.08. The number of benzene rings is 1. The van der Waals surface area contributed by atoms with Crippen molar-refractivity contribution in [2.45, 2.75) is 39.7 Å². The Hall–Kier alpha value is -3.23. The summed E-state index contributed by atoms with van der Waals surface area (Å²) < 4.78 is 31.1. The van der Waals surface area contributed by atoms with Crippen LogP contribution in [-0.4, -0.2) is 33.5 Å². The Morgan fingerprint density at radius 3 is 2.61 bits per heavy atom. The number of carbonyl (C=O) groups excluding carboxylic acids is 1. The largest absolute Gasteiger partial charge is 0.474 e. The molecule has 0 aliphatic rings. The Balaban J connectivity index is 0.00000300. The average molecular weight is 390 g/mol. The molecule has 0 saturated carbocycles. The fourth-order valence-corrected chi connectivity index (χ4v) is 2.43. The van der Waals surface area contributed by atoms with Crippen molar-refractivity contribution in [3.05, 3.63) is 36.2 Å². The fraction of sp³-hybridized carbons (Fsp3) is 0.368. The second-order valence-corrected chi connectivity index (χ2v) is 6.64. The van der Waals surface area contributed by atoms with Crippen LogP contribution < -0.4 is 14.8 Å². The van der Waals surface area contributed by atoms with Crippen LogP contribution in [0.1, 0.15) is 40.9 Å². The van der Waals surface area contributed by atoms with Gasteiger partial charge in [0.15, 0.2) is 17.2 Å². The molecule has 2 heterocycles. The Morgan fingerprint density at radius 2 is 1.96 bits per heavy atom. The number of carbonyl (C=O) groups is 1. The SMILES string of the molecule is CC(=O)N[C@@H](C)COc1cnc(Oc2ccc3nc(C(C)C)oc3c2F)cn1.[HH]. The second kappa shape index (κ2) is 8.20. The number of hydrogen-bond donors (Lipinski definition) is 1. The molecular formula is C19H23FN4O4. The van der Waals surface area contributed by atoms with E-state index >= 15 is 0 Å². The lowest BCUT2D eigenvalue weighted by Crippen LogP contribution is -2.35. The number of rotatable bonds is 7. The molecule has 2 aromatic heterocycles. The second-order valence-electron chi connectivity index (χ2n) is 6.64. The Morgan fingerprint density at radius 1 is 1.25 bits per heavy atom. The van der Waals surface area contributed by atoms with Crippen molar-refractivity contribution in [2.75, 3.05) is 6.61 Å². The standard InChI is InChI=1S/C19H21FN4O4.H2/c1-10(2)19-24-13-5-6-14(17(20)18(13)28-19)27-16-8-21-15(7-22-16)26-9-11(3)23-12(4)25;/h5-8,10-11H,9H2,1-4H3,(H,23,25);1H/t11-;/m0./s1. The molecule has 1 atom stereocenters. The molecule has 0 bridgehead atoms. The molecule has 0 saturated heterocycles. The van der Waals surface area contributed by atoms with Gasteiger partial charge in [0.05, 0.1) is 18.4 Å². The predicted molar refractivity (Wildman–Crippen MR) is 101 cm³/mol.